The Bertz CT molecular complexity index is 376. The van der Waals surface area contributed by atoms with Gasteiger partial charge in [0.15, 0.2) is 0 Å². The van der Waals surface area contributed by atoms with Crippen LogP contribution in [0.3, 0.4) is 0 Å². The predicted octanol–water partition coefficient (Wildman–Crippen LogP) is 3.17. The lowest BCUT2D eigenvalue weighted by Gasteiger charge is -2.24. The molecule has 98 valence electrons. The van der Waals surface area contributed by atoms with E-state index in [0.717, 1.165) is 30.6 Å². The van der Waals surface area contributed by atoms with Gasteiger partial charge in [-0.2, -0.15) is 0 Å². The number of hydrogen-bond donors (Lipinski definition) is 1. The van der Waals surface area contributed by atoms with E-state index in [9.17, 15) is 0 Å². The fourth-order valence-corrected chi connectivity index (χ4v) is 4.05. The summed E-state index contributed by atoms with van der Waals surface area (Å²) in [7, 11) is 0. The highest BCUT2D eigenvalue weighted by molar-refractivity contribution is 5.03. The second-order valence-corrected chi connectivity index (χ2v) is 6.29. The number of rotatable bonds is 5. The zero-order valence-electron chi connectivity index (χ0n) is 11.1. The number of hydrogen-bond acceptors (Lipinski definition) is 2. The van der Waals surface area contributed by atoms with Gasteiger partial charge in [0.25, 0.3) is 0 Å². The molecule has 0 aliphatic heterocycles. The van der Waals surface area contributed by atoms with Crippen LogP contribution >= 0.6 is 0 Å². The van der Waals surface area contributed by atoms with Crippen LogP contribution in [0, 0.1) is 17.8 Å². The van der Waals surface area contributed by atoms with Crippen molar-refractivity contribution >= 4 is 0 Å². The Morgan fingerprint density at radius 3 is 2.89 bits per heavy atom. The van der Waals surface area contributed by atoms with E-state index in [1.54, 1.807) is 0 Å². The highest BCUT2D eigenvalue weighted by Gasteiger charge is 2.39. The van der Waals surface area contributed by atoms with Gasteiger partial charge in [0.2, 0.25) is 0 Å². The molecule has 1 aromatic heterocycles. The molecule has 3 rings (SSSR count). The van der Waals surface area contributed by atoms with Crippen LogP contribution in [0.2, 0.25) is 0 Å². The summed E-state index contributed by atoms with van der Waals surface area (Å²) in [6.45, 7) is 0. The fraction of sp³-hybridized carbons (Fsp3) is 0.688. The monoisotopic (exact) mass is 244 g/mol. The first-order valence-corrected chi connectivity index (χ1v) is 7.46. The van der Waals surface area contributed by atoms with Crippen molar-refractivity contribution in [1.82, 2.24) is 4.98 Å². The highest BCUT2D eigenvalue weighted by atomic mass is 14.7. The van der Waals surface area contributed by atoms with Crippen LogP contribution in [0.15, 0.2) is 24.4 Å². The van der Waals surface area contributed by atoms with E-state index in [1.165, 1.54) is 37.8 Å². The average Bonchev–Trinajstić information content (AvgIpc) is 3.00. The first-order chi connectivity index (χ1) is 8.81. The van der Waals surface area contributed by atoms with E-state index in [0.29, 0.717) is 6.04 Å². The van der Waals surface area contributed by atoms with E-state index >= 15 is 0 Å². The van der Waals surface area contributed by atoms with Gasteiger partial charge in [-0.25, -0.2) is 0 Å². The summed E-state index contributed by atoms with van der Waals surface area (Å²) in [5.74, 6) is 2.99. The Hall–Kier alpha value is -0.890. The molecule has 4 unspecified atom stereocenters. The van der Waals surface area contributed by atoms with E-state index in [2.05, 4.69) is 17.1 Å². The van der Waals surface area contributed by atoms with Gasteiger partial charge in [0.1, 0.15) is 0 Å². The van der Waals surface area contributed by atoms with Crippen molar-refractivity contribution in [3.05, 3.63) is 30.1 Å². The number of aromatic nitrogens is 1. The van der Waals surface area contributed by atoms with Crippen molar-refractivity contribution in [2.45, 2.75) is 51.0 Å². The van der Waals surface area contributed by atoms with E-state index in [-0.39, 0.29) is 0 Å². The molecule has 2 N–H and O–H groups in total. The van der Waals surface area contributed by atoms with Crippen molar-refractivity contribution in [2.24, 2.45) is 23.5 Å². The van der Waals surface area contributed by atoms with Crippen LogP contribution < -0.4 is 5.73 Å². The molecule has 2 nitrogen and oxygen atoms in total. The molecule has 2 bridgehead atoms. The maximum atomic E-state index is 6.31. The number of pyridine rings is 1. The number of aryl methyl sites for hydroxylation is 1. The van der Waals surface area contributed by atoms with Crippen LogP contribution in [0.1, 0.15) is 44.2 Å². The van der Waals surface area contributed by atoms with Crippen LogP contribution in [0.25, 0.3) is 0 Å². The smallest absolute Gasteiger partial charge is 0.0404 e. The molecule has 2 aliphatic carbocycles. The molecule has 4 atom stereocenters. The number of nitrogens with two attached hydrogens (primary N) is 1. The van der Waals surface area contributed by atoms with E-state index < -0.39 is 0 Å². The number of nitrogens with zero attached hydrogens (tertiary/aromatic N) is 1. The molecule has 0 spiro atoms. The maximum absolute atomic E-state index is 6.31. The molecular weight excluding hydrogens is 220 g/mol. The molecule has 0 saturated heterocycles. The molecule has 2 aliphatic rings. The third-order valence-electron chi connectivity index (χ3n) is 4.99. The highest BCUT2D eigenvalue weighted by Crippen LogP contribution is 2.49. The average molecular weight is 244 g/mol. The van der Waals surface area contributed by atoms with Gasteiger partial charge < -0.3 is 5.73 Å². The van der Waals surface area contributed by atoms with Gasteiger partial charge in [-0.3, -0.25) is 4.98 Å². The fourth-order valence-electron chi connectivity index (χ4n) is 4.05. The van der Waals surface area contributed by atoms with Crippen molar-refractivity contribution in [3.63, 3.8) is 0 Å². The number of fused-ring (bicyclic) bond motifs is 2. The van der Waals surface area contributed by atoms with Crippen LogP contribution in [-0.2, 0) is 6.42 Å². The lowest BCUT2D eigenvalue weighted by Crippen LogP contribution is -2.26. The summed E-state index contributed by atoms with van der Waals surface area (Å²) in [5, 5.41) is 0. The molecule has 0 radical (unpaired) electrons. The molecule has 0 aromatic carbocycles. The van der Waals surface area contributed by atoms with Gasteiger partial charge in [-0.1, -0.05) is 12.5 Å². The van der Waals surface area contributed by atoms with E-state index in [1.807, 2.05) is 12.3 Å². The molecule has 1 aromatic rings. The molecule has 1 heterocycles. The standard InChI is InChI=1S/C16H24N2/c17-15(6-7-16-3-1-2-8-18-16)11-14-10-12-4-5-13(14)9-12/h1-3,8,12-15H,4-7,9-11,17H2. The maximum Gasteiger partial charge on any atom is 0.0404 e. The molecule has 2 heteroatoms. The summed E-state index contributed by atoms with van der Waals surface area (Å²) < 4.78 is 0. The summed E-state index contributed by atoms with van der Waals surface area (Å²) in [6, 6.07) is 6.50. The Balaban J connectivity index is 1.43. The molecule has 2 fully saturated rings. The summed E-state index contributed by atoms with van der Waals surface area (Å²) in [5.41, 5.74) is 7.49. The van der Waals surface area contributed by atoms with Crippen LogP contribution in [-0.4, -0.2) is 11.0 Å². The van der Waals surface area contributed by atoms with Crippen molar-refractivity contribution in [2.75, 3.05) is 0 Å². The van der Waals surface area contributed by atoms with Gasteiger partial charge >= 0.3 is 0 Å². The van der Waals surface area contributed by atoms with Crippen molar-refractivity contribution < 1.29 is 0 Å². The third-order valence-corrected chi connectivity index (χ3v) is 4.99. The Labute approximate surface area is 110 Å². The largest absolute Gasteiger partial charge is 0.328 e. The second-order valence-electron chi connectivity index (χ2n) is 6.29. The minimum absolute atomic E-state index is 0.372. The minimum Gasteiger partial charge on any atom is -0.328 e. The second kappa shape index (κ2) is 5.40. The van der Waals surface area contributed by atoms with Crippen molar-refractivity contribution in [3.8, 4) is 0 Å². The van der Waals surface area contributed by atoms with Crippen LogP contribution in [0.4, 0.5) is 0 Å². The summed E-state index contributed by atoms with van der Waals surface area (Å²) in [6.07, 6.45) is 11.2. The van der Waals surface area contributed by atoms with Gasteiger partial charge in [0.05, 0.1) is 0 Å². The third kappa shape index (κ3) is 2.74. The minimum atomic E-state index is 0.372. The summed E-state index contributed by atoms with van der Waals surface area (Å²) in [4.78, 5) is 4.37. The first kappa shape index (κ1) is 12.2. The Kier molecular flexibility index (Phi) is 3.64. The predicted molar refractivity (Wildman–Crippen MR) is 74.1 cm³/mol. The molecule has 0 amide bonds. The van der Waals surface area contributed by atoms with E-state index in [4.69, 9.17) is 5.73 Å². The van der Waals surface area contributed by atoms with Crippen molar-refractivity contribution in [1.29, 1.82) is 0 Å². The summed E-state index contributed by atoms with van der Waals surface area (Å²) >= 11 is 0. The lowest BCUT2D eigenvalue weighted by molar-refractivity contribution is 0.290. The van der Waals surface area contributed by atoms with Gasteiger partial charge in [-0.05, 0) is 68.4 Å². The van der Waals surface area contributed by atoms with Gasteiger partial charge in [-0.15, -0.1) is 0 Å². The van der Waals surface area contributed by atoms with Crippen LogP contribution in [0.5, 0.6) is 0 Å². The normalized spacial score (nSPS) is 31.7. The Morgan fingerprint density at radius 1 is 1.28 bits per heavy atom. The first-order valence-electron chi connectivity index (χ1n) is 7.46. The topological polar surface area (TPSA) is 38.9 Å². The zero-order chi connectivity index (χ0) is 12.4. The lowest BCUT2D eigenvalue weighted by atomic mass is 9.83. The van der Waals surface area contributed by atoms with Gasteiger partial charge in [0, 0.05) is 17.9 Å². The zero-order valence-corrected chi connectivity index (χ0v) is 11.1. The Morgan fingerprint density at radius 2 is 2.22 bits per heavy atom. The molecule has 2 saturated carbocycles. The quantitative estimate of drug-likeness (QED) is 0.864. The molecular formula is C16H24N2. The SMILES string of the molecule is NC(CCc1ccccn1)CC1CC2CCC1C2. The molecule has 18 heavy (non-hydrogen) atoms.